The maximum atomic E-state index is 11.9. The smallest absolute Gasteiger partial charge is 0.190 e. The number of rotatable bonds is 15. The fourth-order valence-electron chi connectivity index (χ4n) is 7.66. The van der Waals surface area contributed by atoms with Crippen LogP contribution in [0.25, 0.3) is 68.9 Å². The second-order valence-corrected chi connectivity index (χ2v) is 15.8. The van der Waals surface area contributed by atoms with Gasteiger partial charge in [-0.15, -0.1) is 0 Å². The molecule has 0 atom stereocenters. The van der Waals surface area contributed by atoms with E-state index in [1.807, 2.05) is 31.6 Å². The Labute approximate surface area is 323 Å². The maximum absolute atomic E-state index is 11.9. The number of hydrogen-bond acceptors (Lipinski definition) is 5. The van der Waals surface area contributed by atoms with Crippen LogP contribution in [0.4, 0.5) is 0 Å². The van der Waals surface area contributed by atoms with E-state index in [-0.39, 0.29) is 5.12 Å². The topological polar surface area (TPSA) is 92.2 Å². The Morgan fingerprint density at radius 1 is 0.630 bits per heavy atom. The fourth-order valence-corrected chi connectivity index (χ4v) is 8.27. The standard InChI is InChI=1S/C46H52N6OS/c1-5-7-9-11-13-15-34-36-21-25-40(48-36)44(32-17-19-33(20-18-32)54-31(3)53)41-26-22-37(49-41)35(16-14-12-10-8-6-2)39-24-28-43(51-39)45(42-27-23-38(34)50-42)46-47-29-30-52(46)4/h17-30,48-49H,5-16H2,1-4H3. The number of nitrogens with zero attached hydrogens (tertiary/aromatic N) is 4. The van der Waals surface area contributed by atoms with Gasteiger partial charge in [-0.05, 0) is 91.9 Å². The number of aromatic amines is 2. The van der Waals surface area contributed by atoms with Crippen molar-refractivity contribution in [3.63, 3.8) is 0 Å². The zero-order valence-corrected chi connectivity index (χ0v) is 33.0. The number of hydrogen-bond donors (Lipinski definition) is 2. The van der Waals surface area contributed by atoms with E-state index in [1.165, 1.54) is 74.3 Å². The molecule has 2 aliphatic rings. The lowest BCUT2D eigenvalue weighted by Crippen LogP contribution is -1.98. The Hall–Kier alpha value is -4.95. The zero-order chi connectivity index (χ0) is 37.4. The molecule has 54 heavy (non-hydrogen) atoms. The van der Waals surface area contributed by atoms with E-state index < -0.39 is 0 Å². The van der Waals surface area contributed by atoms with Gasteiger partial charge in [-0.1, -0.05) is 89.1 Å². The highest BCUT2D eigenvalue weighted by Gasteiger charge is 2.20. The van der Waals surface area contributed by atoms with Gasteiger partial charge in [0.25, 0.3) is 0 Å². The molecule has 7 rings (SSSR count). The molecule has 0 radical (unpaired) electrons. The normalized spacial score (nSPS) is 12.2. The summed E-state index contributed by atoms with van der Waals surface area (Å²) < 4.78 is 2.06. The third-order valence-corrected chi connectivity index (χ3v) is 11.3. The second-order valence-electron chi connectivity index (χ2n) is 14.5. The van der Waals surface area contributed by atoms with Gasteiger partial charge in [0.05, 0.1) is 28.3 Å². The first-order valence-corrected chi connectivity index (χ1v) is 20.7. The number of aromatic nitrogens is 6. The molecule has 6 heterocycles. The van der Waals surface area contributed by atoms with Crippen molar-refractivity contribution in [1.29, 1.82) is 0 Å². The Morgan fingerprint density at radius 2 is 1.13 bits per heavy atom. The highest BCUT2D eigenvalue weighted by molar-refractivity contribution is 8.13. The van der Waals surface area contributed by atoms with Crippen LogP contribution in [0.2, 0.25) is 0 Å². The summed E-state index contributed by atoms with van der Waals surface area (Å²) in [6.07, 6.45) is 26.3. The van der Waals surface area contributed by atoms with Gasteiger partial charge in [0.15, 0.2) is 5.12 Å². The Kier molecular flexibility index (Phi) is 12.1. The van der Waals surface area contributed by atoms with Gasteiger partial charge in [0, 0.05) is 70.0 Å². The molecule has 0 amide bonds. The average Bonchev–Trinajstić information content (AvgIpc) is 4.02. The first kappa shape index (κ1) is 37.4. The van der Waals surface area contributed by atoms with Gasteiger partial charge in [-0.2, -0.15) is 0 Å². The molecule has 0 saturated heterocycles. The number of carbonyl (C=O) groups excluding carboxylic acids is 1. The summed E-state index contributed by atoms with van der Waals surface area (Å²) in [5.41, 5.74) is 13.5. The number of fused-ring (bicyclic) bond motifs is 8. The molecule has 2 N–H and O–H groups in total. The van der Waals surface area contributed by atoms with Gasteiger partial charge in [-0.25, -0.2) is 15.0 Å². The SMILES string of the molecule is CCCCCCCc1c2nc(c(-c3nccn3C)c3nc(c(CCCCCCC)c4ccc([nH]4)c(-c4ccc(SC(C)=O)cc4)c4ccc1[nH]4)C=C3)C=C2. The Balaban J connectivity index is 1.51. The van der Waals surface area contributed by atoms with E-state index in [2.05, 4.69) is 89.1 Å². The van der Waals surface area contributed by atoms with Crippen LogP contribution in [-0.2, 0) is 24.7 Å². The average molecular weight is 737 g/mol. The minimum Gasteiger partial charge on any atom is -0.355 e. The summed E-state index contributed by atoms with van der Waals surface area (Å²) in [5, 5.41) is 0.0804. The van der Waals surface area contributed by atoms with Crippen molar-refractivity contribution in [2.24, 2.45) is 7.05 Å². The number of carbonyl (C=O) groups is 1. The molecule has 0 fully saturated rings. The van der Waals surface area contributed by atoms with E-state index in [1.54, 1.807) is 6.92 Å². The van der Waals surface area contributed by atoms with Crippen molar-refractivity contribution in [2.75, 3.05) is 0 Å². The molecular formula is C46H52N6OS. The van der Waals surface area contributed by atoms with E-state index in [4.69, 9.17) is 15.0 Å². The third-order valence-electron chi connectivity index (χ3n) is 10.5. The number of H-pyrrole nitrogens is 2. The molecule has 1 aromatic carbocycles. The van der Waals surface area contributed by atoms with Crippen LogP contribution in [0.5, 0.6) is 0 Å². The van der Waals surface area contributed by atoms with Crippen molar-refractivity contribution in [1.82, 2.24) is 29.5 Å². The van der Waals surface area contributed by atoms with Crippen LogP contribution in [0.15, 0.2) is 65.8 Å². The van der Waals surface area contributed by atoms with Crippen molar-refractivity contribution in [2.45, 2.75) is 103 Å². The van der Waals surface area contributed by atoms with E-state index in [9.17, 15) is 4.79 Å². The van der Waals surface area contributed by atoms with Crippen molar-refractivity contribution in [3.05, 3.63) is 94.8 Å². The van der Waals surface area contributed by atoms with E-state index in [0.717, 1.165) is 97.9 Å². The lowest BCUT2D eigenvalue weighted by molar-refractivity contribution is -0.109. The molecule has 4 aromatic heterocycles. The molecule has 278 valence electrons. The minimum absolute atomic E-state index is 0.0804. The summed E-state index contributed by atoms with van der Waals surface area (Å²) in [5.74, 6) is 0.851. The summed E-state index contributed by atoms with van der Waals surface area (Å²) in [6, 6.07) is 17.2. The lowest BCUT2D eigenvalue weighted by Gasteiger charge is -2.07. The van der Waals surface area contributed by atoms with Gasteiger partial charge in [0.1, 0.15) is 5.82 Å². The monoisotopic (exact) mass is 736 g/mol. The molecule has 8 heteroatoms. The number of unbranched alkanes of at least 4 members (excludes halogenated alkanes) is 8. The second kappa shape index (κ2) is 17.5. The maximum Gasteiger partial charge on any atom is 0.190 e. The number of thioether (sulfide) groups is 1. The van der Waals surface area contributed by atoms with Crippen LogP contribution in [0.3, 0.4) is 0 Å². The molecular weight excluding hydrogens is 685 g/mol. The first-order chi connectivity index (χ1) is 26.4. The van der Waals surface area contributed by atoms with Crippen molar-refractivity contribution < 1.29 is 4.79 Å². The number of imidazole rings is 1. The van der Waals surface area contributed by atoms with E-state index >= 15 is 0 Å². The largest absolute Gasteiger partial charge is 0.355 e. The zero-order valence-electron chi connectivity index (χ0n) is 32.2. The number of benzene rings is 1. The van der Waals surface area contributed by atoms with Crippen LogP contribution >= 0.6 is 11.8 Å². The molecule has 8 bridgehead atoms. The molecule has 0 saturated carbocycles. The van der Waals surface area contributed by atoms with Crippen LogP contribution in [-0.4, -0.2) is 34.6 Å². The van der Waals surface area contributed by atoms with Crippen LogP contribution < -0.4 is 0 Å². The van der Waals surface area contributed by atoms with Gasteiger partial charge >= 0.3 is 0 Å². The fraction of sp³-hybridized carbons (Fsp3) is 0.348. The third kappa shape index (κ3) is 8.39. The molecule has 0 unspecified atom stereocenters. The highest BCUT2D eigenvalue weighted by atomic mass is 32.2. The summed E-state index contributed by atoms with van der Waals surface area (Å²) in [6.45, 7) is 6.13. The Bertz CT molecular complexity index is 2230. The van der Waals surface area contributed by atoms with Crippen LogP contribution in [0.1, 0.15) is 119 Å². The van der Waals surface area contributed by atoms with Crippen molar-refractivity contribution in [3.8, 4) is 22.5 Å². The van der Waals surface area contributed by atoms with Gasteiger partial charge < -0.3 is 14.5 Å². The van der Waals surface area contributed by atoms with Crippen molar-refractivity contribution >= 4 is 63.2 Å². The molecule has 0 spiro atoms. The molecule has 2 aliphatic heterocycles. The summed E-state index contributed by atoms with van der Waals surface area (Å²) in [4.78, 5) is 36.1. The number of aryl methyl sites for hydroxylation is 3. The lowest BCUT2D eigenvalue weighted by atomic mass is 10.0. The quantitative estimate of drug-likeness (QED) is 0.0807. The number of nitrogens with one attached hydrogen (secondary N) is 2. The van der Waals surface area contributed by atoms with Crippen LogP contribution in [0, 0.1) is 0 Å². The molecule has 5 aromatic rings. The predicted octanol–water partition coefficient (Wildman–Crippen LogP) is 12.4. The first-order valence-electron chi connectivity index (χ1n) is 19.8. The van der Waals surface area contributed by atoms with Gasteiger partial charge in [0.2, 0.25) is 0 Å². The van der Waals surface area contributed by atoms with E-state index in [0.29, 0.717) is 0 Å². The van der Waals surface area contributed by atoms with Gasteiger partial charge in [-0.3, -0.25) is 4.79 Å². The highest BCUT2D eigenvalue weighted by Crippen LogP contribution is 2.35. The minimum atomic E-state index is 0.0804. The summed E-state index contributed by atoms with van der Waals surface area (Å²) >= 11 is 1.26. The molecule has 0 aliphatic carbocycles. The molecule has 7 nitrogen and oxygen atoms in total. The predicted molar refractivity (Wildman–Crippen MR) is 228 cm³/mol. The Morgan fingerprint density at radius 3 is 1.61 bits per heavy atom. The summed E-state index contributed by atoms with van der Waals surface area (Å²) in [7, 11) is 2.04.